The molecule has 0 aliphatic carbocycles. The lowest BCUT2D eigenvalue weighted by Gasteiger charge is -2.12. The van der Waals surface area contributed by atoms with Gasteiger partial charge < -0.3 is 4.42 Å². The van der Waals surface area contributed by atoms with Crippen LogP contribution in [0.4, 0.5) is 0 Å². The molecule has 0 N–H and O–H groups in total. The van der Waals surface area contributed by atoms with Gasteiger partial charge in [0.1, 0.15) is 7.05 Å². The van der Waals surface area contributed by atoms with Crippen LogP contribution in [0.5, 0.6) is 0 Å². The van der Waals surface area contributed by atoms with Crippen molar-refractivity contribution in [2.75, 3.05) is 0 Å². The van der Waals surface area contributed by atoms with Crippen LogP contribution in [0, 0.1) is 13.8 Å². The van der Waals surface area contributed by atoms with E-state index in [1.807, 2.05) is 13.0 Å². The first-order valence-electron chi connectivity index (χ1n) is 10.8. The number of aryl methyl sites for hydroxylation is 3. The maximum atomic E-state index is 6.38. The summed E-state index contributed by atoms with van der Waals surface area (Å²) in [4.78, 5) is 4.64. The van der Waals surface area contributed by atoms with Crippen LogP contribution in [0.25, 0.3) is 44.5 Å². The standard InChI is InChI=1S/C28H27N2O/c1-17(2)20-8-6-9-21(16-20)22-10-7-15-30(5)26(22)25-18(3)11-13-23-24-14-12-19(4)29-28(24)31-27(23)25/h6-17H,1-5H3/q+1. The van der Waals surface area contributed by atoms with Crippen molar-refractivity contribution in [3.63, 3.8) is 0 Å². The predicted octanol–water partition coefficient (Wildman–Crippen LogP) is 6.88. The van der Waals surface area contributed by atoms with Gasteiger partial charge in [-0.3, -0.25) is 0 Å². The molecule has 0 spiro atoms. The molecule has 3 nitrogen and oxygen atoms in total. The number of benzene rings is 2. The van der Waals surface area contributed by atoms with Crippen LogP contribution in [0.3, 0.4) is 0 Å². The van der Waals surface area contributed by atoms with Gasteiger partial charge in [0.2, 0.25) is 11.4 Å². The summed E-state index contributed by atoms with van der Waals surface area (Å²) in [5.41, 5.74) is 9.79. The largest absolute Gasteiger partial charge is 0.437 e. The molecule has 5 aromatic rings. The number of nitrogens with zero attached hydrogens (tertiary/aromatic N) is 2. The van der Waals surface area contributed by atoms with Gasteiger partial charge in [0, 0.05) is 22.5 Å². The Morgan fingerprint density at radius 1 is 0.903 bits per heavy atom. The Kier molecular flexibility index (Phi) is 4.62. The highest BCUT2D eigenvalue weighted by atomic mass is 16.3. The molecule has 0 aliphatic rings. The van der Waals surface area contributed by atoms with Gasteiger partial charge in [0.25, 0.3) is 0 Å². The molecule has 0 amide bonds. The van der Waals surface area contributed by atoms with Crippen LogP contribution in [-0.2, 0) is 7.05 Å². The topological polar surface area (TPSA) is 29.9 Å². The third kappa shape index (κ3) is 3.21. The van der Waals surface area contributed by atoms with Crippen LogP contribution in [0.15, 0.2) is 71.3 Å². The molecule has 0 aliphatic heterocycles. The molecule has 0 saturated carbocycles. The lowest BCUT2D eigenvalue weighted by molar-refractivity contribution is -0.659. The first-order chi connectivity index (χ1) is 14.9. The van der Waals surface area contributed by atoms with Crippen LogP contribution in [0.1, 0.15) is 36.6 Å². The minimum absolute atomic E-state index is 0.482. The summed E-state index contributed by atoms with van der Waals surface area (Å²) in [7, 11) is 2.11. The van der Waals surface area contributed by atoms with Crippen molar-refractivity contribution < 1.29 is 8.98 Å². The molecule has 3 heteroatoms. The normalized spacial score (nSPS) is 11.7. The Hall–Kier alpha value is -3.46. The molecular weight excluding hydrogens is 380 g/mol. The highest BCUT2D eigenvalue weighted by Gasteiger charge is 2.25. The first-order valence-corrected chi connectivity index (χ1v) is 10.8. The summed E-state index contributed by atoms with van der Waals surface area (Å²) in [6, 6.07) is 21.7. The third-order valence-electron chi connectivity index (χ3n) is 6.14. The summed E-state index contributed by atoms with van der Waals surface area (Å²) in [5, 5.41) is 2.16. The number of hydrogen-bond acceptors (Lipinski definition) is 2. The third-order valence-corrected chi connectivity index (χ3v) is 6.14. The quantitative estimate of drug-likeness (QED) is 0.305. The lowest BCUT2D eigenvalue weighted by Crippen LogP contribution is -2.31. The van der Waals surface area contributed by atoms with Crippen molar-refractivity contribution in [1.82, 2.24) is 4.98 Å². The van der Waals surface area contributed by atoms with Gasteiger partial charge >= 0.3 is 0 Å². The molecule has 154 valence electrons. The highest BCUT2D eigenvalue weighted by molar-refractivity contribution is 6.09. The molecule has 0 fully saturated rings. The Bertz CT molecular complexity index is 1440. The van der Waals surface area contributed by atoms with Crippen LogP contribution in [0.2, 0.25) is 0 Å². The first kappa shape index (κ1) is 19.5. The second-order valence-electron chi connectivity index (χ2n) is 8.70. The number of hydrogen-bond donors (Lipinski definition) is 0. The van der Waals surface area contributed by atoms with Crippen molar-refractivity contribution >= 4 is 22.1 Å². The molecule has 0 bridgehead atoms. The summed E-state index contributed by atoms with van der Waals surface area (Å²) in [5.74, 6) is 0.482. The van der Waals surface area contributed by atoms with E-state index in [1.54, 1.807) is 0 Å². The highest BCUT2D eigenvalue weighted by Crippen LogP contribution is 2.40. The average Bonchev–Trinajstić information content (AvgIpc) is 3.11. The van der Waals surface area contributed by atoms with Crippen molar-refractivity contribution in [3.05, 3.63) is 83.7 Å². The van der Waals surface area contributed by atoms with E-state index < -0.39 is 0 Å². The van der Waals surface area contributed by atoms with E-state index >= 15 is 0 Å². The summed E-state index contributed by atoms with van der Waals surface area (Å²) < 4.78 is 8.58. The number of fused-ring (bicyclic) bond motifs is 3. The van der Waals surface area contributed by atoms with Gasteiger partial charge in [-0.1, -0.05) is 50.2 Å². The second kappa shape index (κ2) is 7.35. The molecule has 0 radical (unpaired) electrons. The minimum Gasteiger partial charge on any atom is -0.437 e. The minimum atomic E-state index is 0.482. The smallest absolute Gasteiger partial charge is 0.227 e. The maximum absolute atomic E-state index is 6.38. The molecular formula is C28H27N2O+. The molecule has 2 aromatic carbocycles. The number of pyridine rings is 2. The van der Waals surface area contributed by atoms with Crippen molar-refractivity contribution in [2.45, 2.75) is 33.6 Å². The maximum Gasteiger partial charge on any atom is 0.227 e. The summed E-state index contributed by atoms with van der Waals surface area (Å²) >= 11 is 0. The van der Waals surface area contributed by atoms with Gasteiger partial charge in [-0.15, -0.1) is 0 Å². The van der Waals surface area contributed by atoms with Crippen LogP contribution >= 0.6 is 0 Å². The summed E-state index contributed by atoms with van der Waals surface area (Å²) in [6.45, 7) is 8.62. The van der Waals surface area contributed by atoms with Gasteiger partial charge in [0.05, 0.1) is 11.1 Å². The van der Waals surface area contributed by atoms with Gasteiger partial charge in [-0.2, -0.15) is 0 Å². The Balaban J connectivity index is 1.85. The van der Waals surface area contributed by atoms with E-state index in [9.17, 15) is 0 Å². The SMILES string of the molecule is Cc1ccc2c(n1)oc1c(-c3c(-c4cccc(C(C)C)c4)ccc[n+]3C)c(C)ccc12. The predicted molar refractivity (Wildman–Crippen MR) is 127 cm³/mol. The number of rotatable bonds is 3. The van der Waals surface area contributed by atoms with E-state index in [4.69, 9.17) is 4.42 Å². The second-order valence-corrected chi connectivity index (χ2v) is 8.70. The van der Waals surface area contributed by atoms with Gasteiger partial charge in [-0.25, -0.2) is 9.55 Å². The molecule has 0 unspecified atom stereocenters. The Morgan fingerprint density at radius 2 is 1.71 bits per heavy atom. The zero-order valence-corrected chi connectivity index (χ0v) is 18.7. The monoisotopic (exact) mass is 407 g/mol. The van der Waals surface area contributed by atoms with Crippen molar-refractivity contribution in [1.29, 1.82) is 0 Å². The number of furan rings is 1. The summed E-state index contributed by atoms with van der Waals surface area (Å²) in [6.07, 6.45) is 2.11. The van der Waals surface area contributed by atoms with Crippen molar-refractivity contribution in [2.24, 2.45) is 7.05 Å². The molecule has 5 rings (SSSR count). The van der Waals surface area contributed by atoms with Crippen molar-refractivity contribution in [3.8, 4) is 22.4 Å². The number of aromatic nitrogens is 2. The van der Waals surface area contributed by atoms with Gasteiger partial charge in [0.15, 0.2) is 11.8 Å². The Morgan fingerprint density at radius 3 is 2.52 bits per heavy atom. The fourth-order valence-electron chi connectivity index (χ4n) is 4.43. The van der Waals surface area contributed by atoms with E-state index in [1.165, 1.54) is 22.3 Å². The van der Waals surface area contributed by atoms with E-state index in [0.717, 1.165) is 33.3 Å². The zero-order valence-electron chi connectivity index (χ0n) is 18.7. The zero-order chi connectivity index (χ0) is 21.7. The molecule has 0 atom stereocenters. The van der Waals surface area contributed by atoms with E-state index in [2.05, 4.69) is 98.2 Å². The Labute approximate surface area is 183 Å². The van der Waals surface area contributed by atoms with Gasteiger partial charge in [-0.05, 0) is 54.7 Å². The van der Waals surface area contributed by atoms with Crippen LogP contribution < -0.4 is 4.57 Å². The molecule has 0 saturated heterocycles. The lowest BCUT2D eigenvalue weighted by atomic mass is 9.92. The molecule has 31 heavy (non-hydrogen) atoms. The van der Waals surface area contributed by atoms with E-state index in [0.29, 0.717) is 11.6 Å². The fraction of sp³-hybridized carbons (Fsp3) is 0.214. The molecule has 3 heterocycles. The van der Waals surface area contributed by atoms with E-state index in [-0.39, 0.29) is 0 Å². The van der Waals surface area contributed by atoms with Crippen LogP contribution in [-0.4, -0.2) is 4.98 Å². The fourth-order valence-corrected chi connectivity index (χ4v) is 4.43. The molecule has 3 aromatic heterocycles. The average molecular weight is 408 g/mol.